The summed E-state index contributed by atoms with van der Waals surface area (Å²) < 4.78 is 467. The van der Waals surface area contributed by atoms with Crippen molar-refractivity contribution >= 4 is 21.4 Å². The van der Waals surface area contributed by atoms with Crippen LogP contribution in [0.1, 0.15) is 0 Å². The van der Waals surface area contributed by atoms with E-state index in [9.17, 15) is 166 Å². The van der Waals surface area contributed by atoms with Crippen molar-refractivity contribution < 1.29 is 213 Å². The van der Waals surface area contributed by atoms with Crippen LogP contribution in [0.15, 0.2) is 0 Å². The van der Waals surface area contributed by atoms with E-state index in [1.54, 1.807) is 0 Å². The molecular formula is C16F34O4S2Yb. The molecule has 0 saturated carbocycles. The molecule has 57 heavy (non-hydrogen) atoms. The van der Waals surface area contributed by atoms with Gasteiger partial charge in [-0.3, -0.25) is 0 Å². The Bertz CT molecular complexity index is 1450. The van der Waals surface area contributed by atoms with Crippen LogP contribution in [0.25, 0.3) is 0 Å². The third-order valence-electron chi connectivity index (χ3n) is 5.81. The Morgan fingerprint density at radius 3 is 0.404 bits per heavy atom. The fourth-order valence-corrected chi connectivity index (χ4v) is 3.18. The van der Waals surface area contributed by atoms with Gasteiger partial charge in [0.2, 0.25) is 0 Å². The molecule has 0 aliphatic heterocycles. The van der Waals surface area contributed by atoms with Gasteiger partial charge in [-0.1, -0.05) is 0 Å². The second-order valence-corrected chi connectivity index (χ2v) is 11.4. The van der Waals surface area contributed by atoms with E-state index >= 15 is 0 Å². The maximum absolute atomic E-state index is 13.0. The van der Waals surface area contributed by atoms with Crippen molar-refractivity contribution in [1.29, 1.82) is 0 Å². The summed E-state index contributed by atoms with van der Waals surface area (Å²) in [4.78, 5) is 0. The largest absolute Gasteiger partial charge is 2.00 e. The summed E-state index contributed by atoms with van der Waals surface area (Å²) in [7, 11) is -11.6. The summed E-state index contributed by atoms with van der Waals surface area (Å²) in [5.74, 6) is -102. The zero-order valence-electron chi connectivity index (χ0n) is 23.6. The predicted molar refractivity (Wildman–Crippen MR) is 98.8 cm³/mol. The number of hydrogen-bond donors (Lipinski definition) is 0. The minimum Gasteiger partial charge on any atom is -0.418 e. The van der Waals surface area contributed by atoms with Crippen LogP contribution in [-0.2, 0) is 38.2 Å². The first-order valence-corrected chi connectivity index (χ1v) is 13.2. The van der Waals surface area contributed by atoms with Gasteiger partial charge >= 0.3 is 141 Å². The van der Waals surface area contributed by atoms with Crippen molar-refractivity contribution in [1.82, 2.24) is 0 Å². The fourth-order valence-electron chi connectivity index (χ4n) is 2.51. The molecule has 0 fully saturated rings. The quantitative estimate of drug-likeness (QED) is 0.128. The third-order valence-corrected chi connectivity index (χ3v) is 7.16. The zero-order chi connectivity index (χ0) is 47.2. The summed E-state index contributed by atoms with van der Waals surface area (Å²) in [6.45, 7) is 0. The summed E-state index contributed by atoms with van der Waals surface area (Å²) >= 11 is 0. The molecule has 0 aromatic rings. The van der Waals surface area contributed by atoms with Crippen molar-refractivity contribution in [3.05, 3.63) is 0 Å². The molecule has 0 heterocycles. The van der Waals surface area contributed by atoms with E-state index in [2.05, 4.69) is 0 Å². The third kappa shape index (κ3) is 8.24. The van der Waals surface area contributed by atoms with Crippen molar-refractivity contribution in [2.45, 2.75) is 93.9 Å². The van der Waals surface area contributed by atoms with Crippen LogP contribution in [0.5, 0.6) is 0 Å². The van der Waals surface area contributed by atoms with Gasteiger partial charge in [0.1, 0.15) is 0 Å². The monoisotopic (exact) mass is 1140 g/mol. The molecule has 0 aliphatic carbocycles. The van der Waals surface area contributed by atoms with Crippen LogP contribution in [0.3, 0.4) is 0 Å². The average molecular weight is 1140 g/mol. The van der Waals surface area contributed by atoms with Gasteiger partial charge in [-0.2, -0.15) is 132 Å². The average Bonchev–Trinajstić information content (AvgIpc) is 2.94. The zero-order valence-corrected chi connectivity index (χ0v) is 26.9. The normalized spacial score (nSPS) is 16.4. The van der Waals surface area contributed by atoms with Crippen molar-refractivity contribution in [3.63, 3.8) is 0 Å². The Morgan fingerprint density at radius 2 is 0.298 bits per heavy atom. The predicted octanol–water partition coefficient (Wildman–Crippen LogP) is 10.5. The molecule has 0 atom stereocenters. The molecule has 41 heteroatoms. The molecule has 0 unspecified atom stereocenters. The number of halogens is 34. The molecule has 0 saturated heterocycles. The first-order chi connectivity index (χ1) is 23.4. The van der Waals surface area contributed by atoms with Crippen LogP contribution in [0, 0.1) is 46.9 Å². The first-order valence-electron chi connectivity index (χ1n) is 11.0. The topological polar surface area (TPSA) is 68.3 Å². The molecule has 0 spiro atoms. The molecule has 352 valence electrons. The second-order valence-electron chi connectivity index (χ2n) is 9.39. The van der Waals surface area contributed by atoms with Gasteiger partial charge in [-0.15, -0.1) is 0 Å². The number of alkyl halides is 34. The molecule has 0 bridgehead atoms. The summed E-state index contributed by atoms with van der Waals surface area (Å²) in [6.07, 6.45) is -15.7. The smallest absolute Gasteiger partial charge is 0.418 e. The van der Waals surface area contributed by atoms with Gasteiger partial charge in [-0.05, 0) is 21.4 Å². The van der Waals surface area contributed by atoms with Gasteiger partial charge in [0.25, 0.3) is 0 Å². The molecule has 0 amide bonds. The van der Waals surface area contributed by atoms with Gasteiger partial charge in [0.05, 0.1) is 0 Å². The maximum atomic E-state index is 13.0. The minimum atomic E-state index is -8.77. The second kappa shape index (κ2) is 15.7. The van der Waals surface area contributed by atoms with Gasteiger partial charge in [0.15, 0.2) is 0 Å². The molecule has 0 aromatic heterocycles. The van der Waals surface area contributed by atoms with Crippen molar-refractivity contribution in [2.75, 3.05) is 0 Å². The fraction of sp³-hybridized carbons (Fsp3) is 1.00. The first kappa shape index (κ1) is 60.3. The van der Waals surface area contributed by atoms with E-state index in [4.69, 9.17) is 0 Å². The minimum absolute atomic E-state index is 0. The van der Waals surface area contributed by atoms with Gasteiger partial charge < -0.3 is 16.8 Å². The van der Waals surface area contributed by atoms with Crippen LogP contribution < -0.4 is 0 Å². The maximum Gasteiger partial charge on any atom is 2.00 e. The van der Waals surface area contributed by atoms with Crippen LogP contribution in [-0.4, -0.2) is 93.9 Å². The molecule has 0 N–H and O–H groups in total. The molecule has 4 nitrogen and oxygen atoms in total. The Morgan fingerprint density at radius 1 is 0.193 bits per heavy atom. The molecule has 0 radical (unpaired) electrons. The van der Waals surface area contributed by atoms with Gasteiger partial charge in [0, 0.05) is 0 Å². The number of hydrogen-bond acceptors (Lipinski definition) is 6. The van der Waals surface area contributed by atoms with Crippen molar-refractivity contribution in [3.8, 4) is 0 Å². The molecule has 0 aliphatic rings. The summed E-state index contributed by atoms with van der Waals surface area (Å²) in [6, 6.07) is 0. The van der Waals surface area contributed by atoms with E-state index in [0.29, 0.717) is 0 Å². The van der Waals surface area contributed by atoms with Crippen LogP contribution in [0.4, 0.5) is 149 Å². The van der Waals surface area contributed by atoms with Crippen molar-refractivity contribution in [2.24, 2.45) is 0 Å². The summed E-state index contributed by atoms with van der Waals surface area (Å²) in [5.41, 5.74) is 0. The molecular weight excluding hydrogens is 1140 g/mol. The van der Waals surface area contributed by atoms with E-state index in [-0.39, 0.29) is 46.9 Å². The van der Waals surface area contributed by atoms with E-state index in [1.165, 1.54) is 0 Å². The Kier molecular flexibility index (Phi) is 16.7. The Hall–Kier alpha value is -0.961. The van der Waals surface area contributed by atoms with Gasteiger partial charge in [-0.25, -0.2) is 17.6 Å². The Balaban J connectivity index is -0.00000101. The molecule has 0 aromatic carbocycles. The van der Waals surface area contributed by atoms with E-state index < -0.39 is 115 Å². The van der Waals surface area contributed by atoms with Crippen LogP contribution >= 0.6 is 0 Å². The number of rotatable bonds is 14. The van der Waals surface area contributed by atoms with E-state index in [0.717, 1.165) is 0 Å². The SMILES string of the molecule is O=[S-](=O)C(F)(F)C(F)(F)C(F)(F)C(F)(F)C(F)(F)C(F)(F)C(F)(F)C(F)(F)F.O=[S-](=O)C(F)(F)C(F)(F)C(F)(F)C(F)(F)C(F)(F)C(F)(F)C(F)(F)C(F)(F)F.[Yb+2]. The van der Waals surface area contributed by atoms with E-state index in [1.807, 2.05) is 0 Å². The summed E-state index contributed by atoms with van der Waals surface area (Å²) in [5, 5.41) is -14.8. The standard InChI is InChI=1S/2C8F17O2S.Yb/c2*9-1(10,3(13,14)5(17,18)7(21,22)23)2(11,12)4(15,16)6(19,20)8(24,25)28(26)27;/q2*-1;+2. The van der Waals surface area contributed by atoms with Crippen LogP contribution in [0.2, 0.25) is 0 Å². The molecule has 0 rings (SSSR count). The Labute approximate surface area is 327 Å².